The Morgan fingerprint density at radius 2 is 1.46 bits per heavy atom. The summed E-state index contributed by atoms with van der Waals surface area (Å²) in [6, 6.07) is 6.00. The van der Waals surface area contributed by atoms with Crippen LogP contribution in [0.15, 0.2) is 24.3 Å². The molecule has 2 bridgehead atoms. The number of hydrazine groups is 1. The molecule has 1 aromatic carbocycles. The maximum Gasteiger partial charge on any atom is 0.429 e. The topological polar surface area (TPSA) is 59.1 Å². The van der Waals surface area contributed by atoms with Crippen LogP contribution in [-0.2, 0) is 9.47 Å². The zero-order valence-corrected chi connectivity index (χ0v) is 17.4. The molecule has 0 N–H and O–H groups in total. The second kappa shape index (κ2) is 6.94. The van der Waals surface area contributed by atoms with Crippen LogP contribution in [0.4, 0.5) is 14.0 Å². The number of carbonyl (C=O) groups is 2. The van der Waals surface area contributed by atoms with Crippen molar-refractivity contribution in [3.05, 3.63) is 35.6 Å². The molecule has 1 aromatic rings. The Kier molecular flexibility index (Phi) is 5.06. The third kappa shape index (κ3) is 4.08. The molecule has 28 heavy (non-hydrogen) atoms. The van der Waals surface area contributed by atoms with Crippen LogP contribution in [0.3, 0.4) is 0 Å². The van der Waals surface area contributed by atoms with Gasteiger partial charge in [0, 0.05) is 5.92 Å². The molecule has 1 heterocycles. The summed E-state index contributed by atoms with van der Waals surface area (Å²) in [5.74, 6) is -0.495. The van der Waals surface area contributed by atoms with Gasteiger partial charge in [-0.3, -0.25) is 0 Å². The smallest absolute Gasteiger partial charge is 0.429 e. The maximum absolute atomic E-state index is 14.4. The number of amides is 2. The molecular formula is C21H29FN2O4. The first-order valence-electron chi connectivity index (χ1n) is 9.66. The third-order valence-electron chi connectivity index (χ3n) is 4.86. The molecule has 2 fully saturated rings. The van der Waals surface area contributed by atoms with Crippen molar-refractivity contribution >= 4 is 12.2 Å². The number of hydrogen-bond acceptors (Lipinski definition) is 4. The molecule has 1 aliphatic heterocycles. The summed E-state index contributed by atoms with van der Waals surface area (Å²) >= 11 is 0. The summed E-state index contributed by atoms with van der Waals surface area (Å²) in [5, 5.41) is 2.70. The number of ether oxygens (including phenoxy) is 2. The van der Waals surface area contributed by atoms with E-state index in [0.29, 0.717) is 18.4 Å². The van der Waals surface area contributed by atoms with E-state index in [9.17, 15) is 14.0 Å². The van der Waals surface area contributed by atoms with Gasteiger partial charge < -0.3 is 9.47 Å². The van der Waals surface area contributed by atoms with Crippen molar-refractivity contribution in [1.29, 1.82) is 0 Å². The number of halogens is 1. The van der Waals surface area contributed by atoms with Crippen molar-refractivity contribution in [2.75, 3.05) is 0 Å². The molecule has 2 amide bonds. The minimum atomic E-state index is -0.716. The average Bonchev–Trinajstić information content (AvgIpc) is 3.10. The predicted octanol–water partition coefficient (Wildman–Crippen LogP) is 4.84. The molecule has 0 radical (unpaired) electrons. The van der Waals surface area contributed by atoms with Crippen LogP contribution in [-0.4, -0.2) is 45.5 Å². The van der Waals surface area contributed by atoms with Crippen LogP contribution in [0.2, 0.25) is 0 Å². The summed E-state index contributed by atoms with van der Waals surface area (Å²) in [6.45, 7) is 10.6. The van der Waals surface area contributed by atoms with E-state index in [2.05, 4.69) is 0 Å². The molecule has 2 aliphatic rings. The largest absolute Gasteiger partial charge is 0.442 e. The van der Waals surface area contributed by atoms with Gasteiger partial charge in [0.25, 0.3) is 0 Å². The average molecular weight is 392 g/mol. The van der Waals surface area contributed by atoms with Crippen molar-refractivity contribution in [1.82, 2.24) is 10.0 Å². The Bertz CT molecular complexity index is 768. The Morgan fingerprint density at radius 3 is 2.00 bits per heavy atom. The Hall–Kier alpha value is -2.31. The normalized spacial score (nSPS) is 24.5. The summed E-state index contributed by atoms with van der Waals surface area (Å²) in [7, 11) is 0. The Labute approximate surface area is 165 Å². The fourth-order valence-electron chi connectivity index (χ4n) is 3.98. The highest BCUT2D eigenvalue weighted by molar-refractivity contribution is 5.76. The van der Waals surface area contributed by atoms with Crippen LogP contribution < -0.4 is 0 Å². The molecule has 0 unspecified atom stereocenters. The lowest BCUT2D eigenvalue weighted by Crippen LogP contribution is -2.57. The molecule has 3 atom stereocenters. The molecule has 154 valence electrons. The highest BCUT2D eigenvalue weighted by Gasteiger charge is 2.56. The maximum atomic E-state index is 14.4. The lowest BCUT2D eigenvalue weighted by Gasteiger charge is -2.41. The van der Waals surface area contributed by atoms with E-state index >= 15 is 0 Å². The third-order valence-corrected chi connectivity index (χ3v) is 4.86. The van der Waals surface area contributed by atoms with Gasteiger partial charge in [0.2, 0.25) is 0 Å². The second-order valence-corrected chi connectivity index (χ2v) is 9.47. The van der Waals surface area contributed by atoms with Crippen LogP contribution in [0, 0.1) is 5.82 Å². The molecule has 0 spiro atoms. The Morgan fingerprint density at radius 1 is 0.929 bits per heavy atom. The van der Waals surface area contributed by atoms with Crippen molar-refractivity contribution in [2.24, 2.45) is 0 Å². The van der Waals surface area contributed by atoms with E-state index in [1.54, 1.807) is 59.7 Å². The first-order chi connectivity index (χ1) is 12.9. The van der Waals surface area contributed by atoms with E-state index < -0.39 is 23.4 Å². The number of rotatable bonds is 1. The molecule has 1 aliphatic carbocycles. The van der Waals surface area contributed by atoms with Crippen molar-refractivity contribution in [3.8, 4) is 0 Å². The number of benzene rings is 1. The second-order valence-electron chi connectivity index (χ2n) is 9.47. The summed E-state index contributed by atoms with van der Waals surface area (Å²) in [4.78, 5) is 25.8. The predicted molar refractivity (Wildman–Crippen MR) is 102 cm³/mol. The van der Waals surface area contributed by atoms with Gasteiger partial charge in [-0.1, -0.05) is 18.2 Å². The minimum Gasteiger partial charge on any atom is -0.442 e. The molecule has 6 nitrogen and oxygen atoms in total. The number of fused-ring (bicyclic) bond motifs is 2. The fourth-order valence-corrected chi connectivity index (χ4v) is 3.98. The van der Waals surface area contributed by atoms with Gasteiger partial charge in [0.05, 0.1) is 12.1 Å². The highest BCUT2D eigenvalue weighted by atomic mass is 19.1. The van der Waals surface area contributed by atoms with Gasteiger partial charge in [-0.05, 0) is 66.0 Å². The minimum absolute atomic E-state index is 0.197. The summed E-state index contributed by atoms with van der Waals surface area (Å²) < 4.78 is 25.5. The lowest BCUT2D eigenvalue weighted by molar-refractivity contribution is -0.0790. The van der Waals surface area contributed by atoms with Crippen LogP contribution in [0.5, 0.6) is 0 Å². The lowest BCUT2D eigenvalue weighted by atomic mass is 9.92. The zero-order chi connectivity index (χ0) is 20.9. The number of hydrogen-bond donors (Lipinski definition) is 0. The monoisotopic (exact) mass is 392 g/mol. The van der Waals surface area contributed by atoms with E-state index in [-0.39, 0.29) is 23.8 Å². The van der Waals surface area contributed by atoms with Crippen molar-refractivity contribution in [3.63, 3.8) is 0 Å². The molecule has 1 saturated carbocycles. The van der Waals surface area contributed by atoms with Crippen molar-refractivity contribution in [2.45, 2.75) is 83.6 Å². The summed E-state index contributed by atoms with van der Waals surface area (Å²) in [5.41, 5.74) is -0.845. The summed E-state index contributed by atoms with van der Waals surface area (Å²) in [6.07, 6.45) is -0.0634. The van der Waals surface area contributed by atoms with Crippen LogP contribution in [0.25, 0.3) is 0 Å². The van der Waals surface area contributed by atoms with Crippen LogP contribution in [0.1, 0.15) is 65.9 Å². The number of carbonyl (C=O) groups excluding carboxylic acids is 2. The molecule has 1 saturated heterocycles. The standard InChI is InChI=1S/C21H29FN2O4/c1-20(2,3)27-18(25)23-13-11-15(14-9-7-8-10-16(14)22)17(12-13)24(23)19(26)28-21(4,5)6/h7-10,13,15,17H,11-12H2,1-6H3/t13-,15+,17-/m0/s1. The fraction of sp³-hybridized carbons (Fsp3) is 0.619. The SMILES string of the molecule is CC(C)(C)OC(=O)N1[C@H]2C[C@H](c3ccccc3F)[C@H](C2)N1C(=O)OC(C)(C)C. The van der Waals surface area contributed by atoms with Gasteiger partial charge in [0.1, 0.15) is 17.0 Å². The van der Waals surface area contributed by atoms with Gasteiger partial charge >= 0.3 is 12.2 Å². The number of nitrogens with zero attached hydrogens (tertiary/aromatic N) is 2. The van der Waals surface area contributed by atoms with E-state index in [1.165, 1.54) is 16.1 Å². The Balaban J connectivity index is 1.92. The highest BCUT2D eigenvalue weighted by Crippen LogP contribution is 2.48. The molecule has 3 rings (SSSR count). The molecular weight excluding hydrogens is 363 g/mol. The van der Waals surface area contributed by atoms with E-state index in [4.69, 9.17) is 9.47 Å². The molecule has 0 aromatic heterocycles. The molecule has 7 heteroatoms. The van der Waals surface area contributed by atoms with Gasteiger partial charge in [-0.2, -0.15) is 0 Å². The van der Waals surface area contributed by atoms with Crippen molar-refractivity contribution < 1.29 is 23.5 Å². The quantitative estimate of drug-likeness (QED) is 0.686. The van der Waals surface area contributed by atoms with Crippen LogP contribution >= 0.6 is 0 Å². The van der Waals surface area contributed by atoms with E-state index in [0.717, 1.165) is 0 Å². The zero-order valence-electron chi connectivity index (χ0n) is 17.4. The first-order valence-corrected chi connectivity index (χ1v) is 9.66. The van der Waals surface area contributed by atoms with Gasteiger partial charge in [0.15, 0.2) is 0 Å². The first kappa shape index (κ1) is 20.4. The van der Waals surface area contributed by atoms with Gasteiger partial charge in [-0.15, -0.1) is 0 Å². The van der Waals surface area contributed by atoms with Gasteiger partial charge in [-0.25, -0.2) is 24.0 Å². The van der Waals surface area contributed by atoms with E-state index in [1.807, 2.05) is 0 Å².